The minimum Gasteiger partial charge on any atom is -0.444 e. The maximum absolute atomic E-state index is 12.3. The first-order valence-electron chi connectivity index (χ1n) is 6.68. The third-order valence-electron chi connectivity index (χ3n) is 3.78. The largest absolute Gasteiger partial charge is 0.444 e. The molecule has 1 aromatic heterocycles. The van der Waals surface area contributed by atoms with Crippen molar-refractivity contribution < 1.29 is 9.21 Å². The molecule has 1 aliphatic rings. The first-order chi connectivity index (χ1) is 9.67. The minimum atomic E-state index is -0.316. The average molecular weight is 271 g/mol. The Bertz CT molecular complexity index is 584. The third kappa shape index (κ3) is 2.44. The lowest BCUT2D eigenvalue weighted by Crippen LogP contribution is -2.35. The molecule has 2 N–H and O–H groups in total. The molecule has 0 spiro atoms. The van der Waals surface area contributed by atoms with E-state index in [1.54, 1.807) is 6.20 Å². The van der Waals surface area contributed by atoms with Crippen LogP contribution in [0.15, 0.2) is 41.3 Å². The second-order valence-electron chi connectivity index (χ2n) is 5.38. The van der Waals surface area contributed by atoms with Crippen molar-refractivity contribution in [1.82, 2.24) is 10.3 Å². The van der Waals surface area contributed by atoms with E-state index in [4.69, 9.17) is 4.42 Å². The molecule has 1 aromatic carbocycles. The van der Waals surface area contributed by atoms with Crippen LogP contribution in [0.1, 0.15) is 13.3 Å². The van der Waals surface area contributed by atoms with Crippen LogP contribution in [0.2, 0.25) is 0 Å². The van der Waals surface area contributed by atoms with Gasteiger partial charge >= 0.3 is 0 Å². The zero-order chi connectivity index (χ0) is 14.0. The fourth-order valence-electron chi connectivity index (χ4n) is 2.37. The summed E-state index contributed by atoms with van der Waals surface area (Å²) in [4.78, 5) is 16.2. The van der Waals surface area contributed by atoms with E-state index in [0.29, 0.717) is 0 Å². The van der Waals surface area contributed by atoms with Crippen molar-refractivity contribution in [1.29, 1.82) is 0 Å². The summed E-state index contributed by atoms with van der Waals surface area (Å²) in [5, 5.41) is 6.20. The molecule has 1 aliphatic heterocycles. The number of benzene rings is 1. The molecule has 1 unspecified atom stereocenters. The molecule has 2 heterocycles. The van der Waals surface area contributed by atoms with Gasteiger partial charge in [-0.3, -0.25) is 4.79 Å². The average Bonchev–Trinajstić information content (AvgIpc) is 3.11. The van der Waals surface area contributed by atoms with E-state index in [9.17, 15) is 4.79 Å². The molecule has 0 bridgehead atoms. The van der Waals surface area contributed by atoms with Gasteiger partial charge in [0.15, 0.2) is 12.2 Å². The predicted molar refractivity (Wildman–Crippen MR) is 76.2 cm³/mol. The van der Waals surface area contributed by atoms with Crippen molar-refractivity contribution >= 4 is 11.6 Å². The van der Waals surface area contributed by atoms with Crippen molar-refractivity contribution in [3.05, 3.63) is 36.9 Å². The summed E-state index contributed by atoms with van der Waals surface area (Å²) < 4.78 is 5.23. The number of oxazole rings is 1. The zero-order valence-corrected chi connectivity index (χ0v) is 11.3. The molecule has 3 rings (SSSR count). The van der Waals surface area contributed by atoms with Crippen LogP contribution in [0.3, 0.4) is 0 Å². The summed E-state index contributed by atoms with van der Waals surface area (Å²) >= 11 is 0. The zero-order valence-electron chi connectivity index (χ0n) is 11.3. The van der Waals surface area contributed by atoms with Crippen molar-refractivity contribution in [2.45, 2.75) is 13.3 Å². The van der Waals surface area contributed by atoms with E-state index in [1.165, 1.54) is 6.39 Å². The lowest BCUT2D eigenvalue weighted by molar-refractivity contribution is -0.123. The van der Waals surface area contributed by atoms with Gasteiger partial charge in [0.1, 0.15) is 0 Å². The Kier molecular flexibility index (Phi) is 3.28. The Morgan fingerprint density at radius 2 is 2.20 bits per heavy atom. The molecule has 5 heteroatoms. The first kappa shape index (κ1) is 12.9. The second-order valence-corrected chi connectivity index (χ2v) is 5.38. The van der Waals surface area contributed by atoms with Gasteiger partial charge < -0.3 is 15.1 Å². The van der Waals surface area contributed by atoms with Gasteiger partial charge in [0.25, 0.3) is 0 Å². The molecule has 0 radical (unpaired) electrons. The monoisotopic (exact) mass is 271 g/mol. The highest BCUT2D eigenvalue weighted by atomic mass is 16.3. The van der Waals surface area contributed by atoms with Crippen molar-refractivity contribution in [2.75, 3.05) is 18.4 Å². The highest BCUT2D eigenvalue weighted by Crippen LogP contribution is 2.27. The van der Waals surface area contributed by atoms with Gasteiger partial charge in [0, 0.05) is 17.8 Å². The number of carbonyl (C=O) groups is 1. The molecule has 20 heavy (non-hydrogen) atoms. The standard InChI is InChI=1S/C15H17N3O2/c1-15(6-7-16-9-15)14(19)18-12-4-2-11(3-5-12)13-8-17-10-20-13/h2-5,8,10,16H,6-7,9H2,1H3,(H,18,19). The number of nitrogens with zero attached hydrogens (tertiary/aromatic N) is 1. The number of rotatable bonds is 3. The fraction of sp³-hybridized carbons (Fsp3) is 0.333. The summed E-state index contributed by atoms with van der Waals surface area (Å²) in [7, 11) is 0. The van der Waals surface area contributed by atoms with Gasteiger partial charge in [-0.05, 0) is 44.2 Å². The van der Waals surface area contributed by atoms with Gasteiger partial charge in [-0.1, -0.05) is 0 Å². The lowest BCUT2D eigenvalue weighted by Gasteiger charge is -2.21. The quantitative estimate of drug-likeness (QED) is 0.898. The SMILES string of the molecule is CC1(C(=O)Nc2ccc(-c3cnco3)cc2)CCNC1. The molecular formula is C15H17N3O2. The smallest absolute Gasteiger partial charge is 0.231 e. The van der Waals surface area contributed by atoms with Crippen LogP contribution in [-0.4, -0.2) is 24.0 Å². The van der Waals surface area contributed by atoms with E-state index in [-0.39, 0.29) is 11.3 Å². The lowest BCUT2D eigenvalue weighted by atomic mass is 9.89. The molecule has 1 fully saturated rings. The number of anilines is 1. The topological polar surface area (TPSA) is 67.2 Å². The molecule has 0 aliphatic carbocycles. The van der Waals surface area contributed by atoms with Crippen LogP contribution in [0, 0.1) is 5.41 Å². The summed E-state index contributed by atoms with van der Waals surface area (Å²) in [6.07, 6.45) is 3.94. The Labute approximate surface area is 117 Å². The summed E-state index contributed by atoms with van der Waals surface area (Å²) in [6.45, 7) is 3.62. The van der Waals surface area contributed by atoms with Crippen LogP contribution in [0.4, 0.5) is 5.69 Å². The van der Waals surface area contributed by atoms with E-state index in [0.717, 1.165) is 36.5 Å². The number of amides is 1. The Morgan fingerprint density at radius 1 is 1.40 bits per heavy atom. The number of aromatic nitrogens is 1. The number of carbonyl (C=O) groups excluding carboxylic acids is 1. The molecule has 2 aromatic rings. The maximum Gasteiger partial charge on any atom is 0.231 e. The number of nitrogens with one attached hydrogen (secondary N) is 2. The van der Waals surface area contributed by atoms with Gasteiger partial charge in [0.05, 0.1) is 11.6 Å². The summed E-state index contributed by atoms with van der Waals surface area (Å²) in [5.74, 6) is 0.782. The van der Waals surface area contributed by atoms with Crippen LogP contribution in [0.25, 0.3) is 11.3 Å². The van der Waals surface area contributed by atoms with Gasteiger partial charge in [-0.25, -0.2) is 4.98 Å². The highest BCUT2D eigenvalue weighted by Gasteiger charge is 2.36. The number of hydrogen-bond donors (Lipinski definition) is 2. The van der Waals surface area contributed by atoms with Crippen LogP contribution in [-0.2, 0) is 4.79 Å². The second kappa shape index (κ2) is 5.09. The Hall–Kier alpha value is -2.14. The van der Waals surface area contributed by atoms with Crippen LogP contribution in [0.5, 0.6) is 0 Å². The fourth-order valence-corrected chi connectivity index (χ4v) is 2.37. The van der Waals surface area contributed by atoms with E-state index < -0.39 is 0 Å². The highest BCUT2D eigenvalue weighted by molar-refractivity contribution is 5.95. The summed E-state index contributed by atoms with van der Waals surface area (Å²) in [5.41, 5.74) is 1.42. The molecule has 5 nitrogen and oxygen atoms in total. The van der Waals surface area contributed by atoms with E-state index >= 15 is 0 Å². The van der Waals surface area contributed by atoms with E-state index in [1.807, 2.05) is 31.2 Å². The van der Waals surface area contributed by atoms with Crippen molar-refractivity contribution in [3.8, 4) is 11.3 Å². The van der Waals surface area contributed by atoms with Gasteiger partial charge in [-0.2, -0.15) is 0 Å². The van der Waals surface area contributed by atoms with Crippen molar-refractivity contribution in [2.24, 2.45) is 5.41 Å². The van der Waals surface area contributed by atoms with Gasteiger partial charge in [0.2, 0.25) is 5.91 Å². The van der Waals surface area contributed by atoms with Crippen LogP contribution < -0.4 is 10.6 Å². The predicted octanol–water partition coefficient (Wildman–Crippen LogP) is 2.28. The first-order valence-corrected chi connectivity index (χ1v) is 6.68. The molecule has 1 atom stereocenters. The Morgan fingerprint density at radius 3 is 2.80 bits per heavy atom. The number of hydrogen-bond acceptors (Lipinski definition) is 4. The normalized spacial score (nSPS) is 21.9. The van der Waals surface area contributed by atoms with Crippen molar-refractivity contribution in [3.63, 3.8) is 0 Å². The minimum absolute atomic E-state index is 0.0647. The Balaban J connectivity index is 1.71. The van der Waals surface area contributed by atoms with Gasteiger partial charge in [-0.15, -0.1) is 0 Å². The summed E-state index contributed by atoms with van der Waals surface area (Å²) in [6, 6.07) is 7.57. The molecule has 0 saturated carbocycles. The third-order valence-corrected chi connectivity index (χ3v) is 3.78. The van der Waals surface area contributed by atoms with E-state index in [2.05, 4.69) is 15.6 Å². The van der Waals surface area contributed by atoms with Crippen LogP contribution >= 0.6 is 0 Å². The molecule has 1 amide bonds. The molecule has 104 valence electrons. The molecule has 1 saturated heterocycles. The maximum atomic E-state index is 12.3. The molecular weight excluding hydrogens is 254 g/mol.